The van der Waals surface area contributed by atoms with E-state index in [1.165, 1.54) is 19.3 Å². The van der Waals surface area contributed by atoms with Crippen LogP contribution in [0.4, 0.5) is 0 Å². The second kappa shape index (κ2) is 3.92. The topological polar surface area (TPSA) is 38.4 Å². The highest BCUT2D eigenvalue weighted by Crippen LogP contribution is 2.27. The summed E-state index contributed by atoms with van der Waals surface area (Å²) in [6.45, 7) is 6.48. The minimum absolute atomic E-state index is 0.404. The smallest absolute Gasteiger partial charge is 0.0966 e. The molecule has 2 heteroatoms. The quantitative estimate of drug-likeness (QED) is 0.498. The van der Waals surface area contributed by atoms with Crippen molar-refractivity contribution in [2.75, 3.05) is 0 Å². The Balaban J connectivity index is 2.45. The Morgan fingerprint density at radius 2 is 2.08 bits per heavy atom. The minimum Gasteiger partial charge on any atom is -0.387 e. The van der Waals surface area contributed by atoms with Gasteiger partial charge in [0.1, 0.15) is 0 Å². The summed E-state index contributed by atoms with van der Waals surface area (Å²) in [6.07, 6.45) is 3.78. The Morgan fingerprint density at radius 1 is 1.42 bits per heavy atom. The van der Waals surface area contributed by atoms with Crippen molar-refractivity contribution in [1.82, 2.24) is 0 Å². The fourth-order valence-corrected chi connectivity index (χ4v) is 1.65. The van der Waals surface area contributed by atoms with Crippen LogP contribution in [0.2, 0.25) is 0 Å². The van der Waals surface area contributed by atoms with Gasteiger partial charge in [-0.3, -0.25) is 4.99 Å². The molecule has 0 spiro atoms. The number of aliphatic imine (C=N–C) groups is 1. The van der Waals surface area contributed by atoms with Crippen molar-refractivity contribution >= 4 is 5.84 Å². The zero-order valence-electron chi connectivity index (χ0n) is 8.38. The van der Waals surface area contributed by atoms with Crippen molar-refractivity contribution in [3.05, 3.63) is 0 Å². The van der Waals surface area contributed by atoms with Gasteiger partial charge in [-0.15, -0.1) is 0 Å². The Kier molecular flexibility index (Phi) is 3.12. The molecule has 0 bridgehead atoms. The van der Waals surface area contributed by atoms with Crippen LogP contribution < -0.4 is 5.73 Å². The van der Waals surface area contributed by atoms with Gasteiger partial charge in [0, 0.05) is 5.92 Å². The van der Waals surface area contributed by atoms with Crippen LogP contribution in [-0.2, 0) is 0 Å². The Labute approximate surface area is 75.3 Å². The predicted octanol–water partition coefficient (Wildman–Crippen LogP) is 2.19. The maximum atomic E-state index is 5.79. The van der Waals surface area contributed by atoms with Crippen LogP contribution in [0.1, 0.15) is 40.0 Å². The van der Waals surface area contributed by atoms with Crippen LogP contribution in [0, 0.1) is 11.8 Å². The molecule has 1 fully saturated rings. The van der Waals surface area contributed by atoms with E-state index in [0.717, 1.165) is 11.8 Å². The number of hydrogen-bond donors (Lipinski definition) is 1. The highest BCUT2D eigenvalue weighted by molar-refractivity contribution is 5.82. The molecule has 0 heterocycles. The lowest BCUT2D eigenvalue weighted by Gasteiger charge is -2.08. The Bertz CT molecular complexity index is 173. The molecular weight excluding hydrogens is 148 g/mol. The van der Waals surface area contributed by atoms with E-state index in [2.05, 4.69) is 25.8 Å². The average Bonchev–Trinajstić information content (AvgIpc) is 2.35. The molecule has 12 heavy (non-hydrogen) atoms. The van der Waals surface area contributed by atoms with Gasteiger partial charge in [-0.2, -0.15) is 0 Å². The van der Waals surface area contributed by atoms with Gasteiger partial charge < -0.3 is 5.73 Å². The fourth-order valence-electron chi connectivity index (χ4n) is 1.65. The highest BCUT2D eigenvalue weighted by Gasteiger charge is 2.20. The van der Waals surface area contributed by atoms with Crippen LogP contribution in [0.5, 0.6) is 0 Å². The Hall–Kier alpha value is -0.530. The second-order valence-corrected chi connectivity index (χ2v) is 4.28. The maximum absolute atomic E-state index is 5.79. The molecule has 0 aromatic rings. The maximum Gasteiger partial charge on any atom is 0.0966 e. The SMILES string of the molecule is CC1CCC(N=C(N)C(C)C)C1. The molecule has 70 valence electrons. The van der Waals surface area contributed by atoms with E-state index < -0.39 is 0 Å². The first-order chi connectivity index (χ1) is 5.59. The van der Waals surface area contributed by atoms with Gasteiger partial charge in [-0.25, -0.2) is 0 Å². The van der Waals surface area contributed by atoms with Crippen LogP contribution in [-0.4, -0.2) is 11.9 Å². The first kappa shape index (κ1) is 9.56. The lowest BCUT2D eigenvalue weighted by Crippen LogP contribution is -2.21. The number of nitrogens with two attached hydrogens (primary N) is 1. The van der Waals surface area contributed by atoms with Gasteiger partial charge in [-0.1, -0.05) is 20.8 Å². The summed E-state index contributed by atoms with van der Waals surface area (Å²) in [4.78, 5) is 4.52. The summed E-state index contributed by atoms with van der Waals surface area (Å²) < 4.78 is 0. The molecule has 0 aromatic carbocycles. The van der Waals surface area contributed by atoms with E-state index >= 15 is 0 Å². The molecule has 1 aliphatic carbocycles. The molecule has 2 atom stereocenters. The standard InChI is InChI=1S/C10H20N2/c1-7(2)10(11)12-9-5-4-8(3)6-9/h7-9H,4-6H2,1-3H3,(H2,11,12). The zero-order chi connectivity index (χ0) is 9.14. The third-order valence-corrected chi connectivity index (χ3v) is 2.59. The van der Waals surface area contributed by atoms with Crippen molar-refractivity contribution < 1.29 is 0 Å². The molecule has 2 N–H and O–H groups in total. The van der Waals surface area contributed by atoms with Gasteiger partial charge in [-0.05, 0) is 25.2 Å². The molecule has 1 rings (SSSR count). The van der Waals surface area contributed by atoms with E-state index in [4.69, 9.17) is 5.73 Å². The van der Waals surface area contributed by atoms with Crippen molar-refractivity contribution in [2.45, 2.75) is 46.1 Å². The lowest BCUT2D eigenvalue weighted by atomic mass is 10.1. The number of rotatable bonds is 2. The summed E-state index contributed by atoms with van der Waals surface area (Å²) in [5.74, 6) is 2.08. The third kappa shape index (κ3) is 2.50. The Morgan fingerprint density at radius 3 is 2.50 bits per heavy atom. The van der Waals surface area contributed by atoms with Gasteiger partial charge in [0.15, 0.2) is 0 Å². The van der Waals surface area contributed by atoms with E-state index in [-0.39, 0.29) is 0 Å². The largest absolute Gasteiger partial charge is 0.387 e. The predicted molar refractivity (Wildman–Crippen MR) is 53.3 cm³/mol. The fraction of sp³-hybridized carbons (Fsp3) is 0.900. The van der Waals surface area contributed by atoms with Crippen molar-refractivity contribution in [2.24, 2.45) is 22.6 Å². The first-order valence-corrected chi connectivity index (χ1v) is 4.92. The van der Waals surface area contributed by atoms with Crippen LogP contribution >= 0.6 is 0 Å². The summed E-state index contributed by atoms with van der Waals surface area (Å²) in [5, 5.41) is 0. The van der Waals surface area contributed by atoms with Crippen LogP contribution in [0.3, 0.4) is 0 Å². The first-order valence-electron chi connectivity index (χ1n) is 4.92. The summed E-state index contributed by atoms with van der Waals surface area (Å²) >= 11 is 0. The van der Waals surface area contributed by atoms with Crippen molar-refractivity contribution in [3.8, 4) is 0 Å². The van der Waals surface area contributed by atoms with E-state index in [9.17, 15) is 0 Å². The van der Waals surface area contributed by atoms with E-state index in [0.29, 0.717) is 12.0 Å². The van der Waals surface area contributed by atoms with E-state index in [1.54, 1.807) is 0 Å². The second-order valence-electron chi connectivity index (χ2n) is 4.28. The normalized spacial score (nSPS) is 31.5. The number of hydrogen-bond acceptors (Lipinski definition) is 1. The van der Waals surface area contributed by atoms with Gasteiger partial charge in [0.25, 0.3) is 0 Å². The van der Waals surface area contributed by atoms with Crippen molar-refractivity contribution in [3.63, 3.8) is 0 Å². The third-order valence-electron chi connectivity index (χ3n) is 2.59. The molecular formula is C10H20N2. The molecule has 0 saturated heterocycles. The highest BCUT2D eigenvalue weighted by atomic mass is 14.9. The molecule has 2 unspecified atom stereocenters. The molecule has 0 aromatic heterocycles. The van der Waals surface area contributed by atoms with Gasteiger partial charge in [0.05, 0.1) is 11.9 Å². The van der Waals surface area contributed by atoms with Gasteiger partial charge in [0.2, 0.25) is 0 Å². The number of nitrogens with zero attached hydrogens (tertiary/aromatic N) is 1. The monoisotopic (exact) mass is 168 g/mol. The average molecular weight is 168 g/mol. The van der Waals surface area contributed by atoms with Crippen molar-refractivity contribution in [1.29, 1.82) is 0 Å². The molecule has 0 aliphatic heterocycles. The molecule has 0 radical (unpaired) electrons. The summed E-state index contributed by atoms with van der Waals surface area (Å²) in [6, 6.07) is 0.516. The van der Waals surface area contributed by atoms with Crippen LogP contribution in [0.25, 0.3) is 0 Å². The van der Waals surface area contributed by atoms with E-state index in [1.807, 2.05) is 0 Å². The zero-order valence-corrected chi connectivity index (χ0v) is 8.38. The van der Waals surface area contributed by atoms with Gasteiger partial charge >= 0.3 is 0 Å². The number of amidine groups is 1. The summed E-state index contributed by atoms with van der Waals surface area (Å²) in [7, 11) is 0. The lowest BCUT2D eigenvalue weighted by molar-refractivity contribution is 0.593. The molecule has 1 aliphatic rings. The summed E-state index contributed by atoms with van der Waals surface area (Å²) in [5.41, 5.74) is 5.79. The molecule has 0 amide bonds. The minimum atomic E-state index is 0.404. The molecule has 1 saturated carbocycles. The van der Waals surface area contributed by atoms with Crippen LogP contribution in [0.15, 0.2) is 4.99 Å². The molecule has 2 nitrogen and oxygen atoms in total.